The van der Waals surface area contributed by atoms with Gasteiger partial charge in [0.25, 0.3) is 5.91 Å². The molecule has 1 aliphatic rings. The van der Waals surface area contributed by atoms with Gasteiger partial charge in [0.2, 0.25) is 10.0 Å². The standard InChI is InChI=1S/C15H17N3O3S2/c16-23(20,21)12-7-4-8-18(10-12)15(19)14-9-13(17-22-14)11-5-2-1-3-6-11/h1-3,5-6,9,12H,4,7-8,10H2,(H2,16,20,21)/t12-/m0/s1. The quantitative estimate of drug-likeness (QED) is 0.911. The van der Waals surface area contributed by atoms with Crippen molar-refractivity contribution < 1.29 is 13.2 Å². The van der Waals surface area contributed by atoms with Gasteiger partial charge in [-0.1, -0.05) is 30.3 Å². The maximum atomic E-state index is 12.6. The molecule has 1 aliphatic heterocycles. The highest BCUT2D eigenvalue weighted by atomic mass is 32.2. The molecule has 0 aliphatic carbocycles. The monoisotopic (exact) mass is 351 g/mol. The van der Waals surface area contributed by atoms with E-state index in [-0.39, 0.29) is 12.5 Å². The summed E-state index contributed by atoms with van der Waals surface area (Å²) in [6.45, 7) is 0.694. The van der Waals surface area contributed by atoms with Gasteiger partial charge in [0, 0.05) is 18.7 Å². The number of primary sulfonamides is 1. The molecular formula is C15H17N3O3S2. The molecule has 2 aromatic rings. The van der Waals surface area contributed by atoms with E-state index in [1.54, 1.807) is 11.0 Å². The second-order valence-corrected chi connectivity index (χ2v) is 8.20. The summed E-state index contributed by atoms with van der Waals surface area (Å²) in [4.78, 5) is 14.6. The summed E-state index contributed by atoms with van der Waals surface area (Å²) in [6.07, 6.45) is 1.14. The number of benzene rings is 1. The average molecular weight is 351 g/mol. The van der Waals surface area contributed by atoms with Crippen LogP contribution < -0.4 is 5.14 Å². The number of rotatable bonds is 3. The molecule has 23 heavy (non-hydrogen) atoms. The van der Waals surface area contributed by atoms with Gasteiger partial charge in [-0.25, -0.2) is 13.6 Å². The van der Waals surface area contributed by atoms with Crippen LogP contribution in [-0.2, 0) is 10.0 Å². The first kappa shape index (κ1) is 16.1. The van der Waals surface area contributed by atoms with Gasteiger partial charge in [-0.05, 0) is 30.4 Å². The zero-order chi connectivity index (χ0) is 16.4. The molecule has 1 saturated heterocycles. The van der Waals surface area contributed by atoms with E-state index in [1.807, 2.05) is 30.3 Å². The lowest BCUT2D eigenvalue weighted by Crippen LogP contribution is -2.46. The third-order valence-corrected chi connectivity index (χ3v) is 6.01. The molecule has 0 saturated carbocycles. The van der Waals surface area contributed by atoms with Crippen LogP contribution in [0.2, 0.25) is 0 Å². The molecule has 2 N–H and O–H groups in total. The average Bonchev–Trinajstić information content (AvgIpc) is 3.04. The molecule has 0 radical (unpaired) electrons. The Morgan fingerprint density at radius 2 is 2.04 bits per heavy atom. The van der Waals surface area contributed by atoms with Gasteiger partial charge in [0.15, 0.2) is 0 Å². The third-order valence-electron chi connectivity index (χ3n) is 3.92. The molecule has 0 spiro atoms. The highest BCUT2D eigenvalue weighted by Gasteiger charge is 2.31. The zero-order valence-electron chi connectivity index (χ0n) is 12.4. The Balaban J connectivity index is 1.77. The van der Waals surface area contributed by atoms with Crippen molar-refractivity contribution in [3.8, 4) is 11.3 Å². The highest BCUT2D eigenvalue weighted by Crippen LogP contribution is 2.24. The number of hydrogen-bond acceptors (Lipinski definition) is 5. The predicted octanol–water partition coefficient (Wildman–Crippen LogP) is 1.70. The van der Waals surface area contributed by atoms with E-state index in [0.29, 0.717) is 24.3 Å². The molecule has 1 aromatic carbocycles. The lowest BCUT2D eigenvalue weighted by molar-refractivity contribution is 0.0732. The summed E-state index contributed by atoms with van der Waals surface area (Å²) in [6, 6.07) is 11.4. The van der Waals surface area contributed by atoms with Crippen LogP contribution in [0.5, 0.6) is 0 Å². The fourth-order valence-electron chi connectivity index (χ4n) is 2.67. The first-order chi connectivity index (χ1) is 10.9. The van der Waals surface area contributed by atoms with E-state index in [4.69, 9.17) is 5.14 Å². The van der Waals surface area contributed by atoms with Gasteiger partial charge in [-0.15, -0.1) is 0 Å². The van der Waals surface area contributed by atoms with Crippen molar-refractivity contribution in [2.45, 2.75) is 18.1 Å². The smallest absolute Gasteiger partial charge is 0.265 e. The summed E-state index contributed by atoms with van der Waals surface area (Å²) in [5.41, 5.74) is 1.70. The number of piperidine rings is 1. The minimum Gasteiger partial charge on any atom is -0.337 e. The molecule has 0 unspecified atom stereocenters. The van der Waals surface area contributed by atoms with E-state index >= 15 is 0 Å². The number of nitrogens with zero attached hydrogens (tertiary/aromatic N) is 2. The van der Waals surface area contributed by atoms with Gasteiger partial charge in [0.05, 0.1) is 10.9 Å². The van der Waals surface area contributed by atoms with Crippen molar-refractivity contribution >= 4 is 27.5 Å². The molecule has 2 heterocycles. The Bertz CT molecular complexity index is 802. The molecule has 0 bridgehead atoms. The van der Waals surface area contributed by atoms with Gasteiger partial charge >= 0.3 is 0 Å². The molecule has 1 atom stereocenters. The van der Waals surface area contributed by atoms with Crippen molar-refractivity contribution in [2.75, 3.05) is 13.1 Å². The Morgan fingerprint density at radius 3 is 2.74 bits per heavy atom. The molecule has 6 nitrogen and oxygen atoms in total. The van der Waals surface area contributed by atoms with Crippen LogP contribution in [0.3, 0.4) is 0 Å². The molecule has 122 valence electrons. The van der Waals surface area contributed by atoms with Crippen molar-refractivity contribution in [2.24, 2.45) is 5.14 Å². The normalized spacial score (nSPS) is 18.8. The first-order valence-corrected chi connectivity index (χ1v) is 9.66. The Kier molecular flexibility index (Phi) is 4.47. The number of hydrogen-bond donors (Lipinski definition) is 1. The first-order valence-electron chi connectivity index (χ1n) is 7.28. The fraction of sp³-hybridized carbons (Fsp3) is 0.333. The number of carbonyl (C=O) groups is 1. The van der Waals surface area contributed by atoms with Crippen molar-refractivity contribution in [3.05, 3.63) is 41.3 Å². The maximum absolute atomic E-state index is 12.6. The van der Waals surface area contributed by atoms with Gasteiger partial charge < -0.3 is 4.90 Å². The van der Waals surface area contributed by atoms with Crippen molar-refractivity contribution in [1.82, 2.24) is 9.27 Å². The van der Waals surface area contributed by atoms with E-state index in [2.05, 4.69) is 4.37 Å². The minimum atomic E-state index is -3.62. The maximum Gasteiger partial charge on any atom is 0.265 e. The number of amides is 1. The summed E-state index contributed by atoms with van der Waals surface area (Å²) in [7, 11) is -3.62. The van der Waals surface area contributed by atoms with Crippen molar-refractivity contribution in [3.63, 3.8) is 0 Å². The fourth-order valence-corrected chi connectivity index (χ4v) is 4.28. The van der Waals surface area contributed by atoms with E-state index < -0.39 is 15.3 Å². The third kappa shape index (κ3) is 3.60. The molecule has 1 aromatic heterocycles. The van der Waals surface area contributed by atoms with Crippen molar-refractivity contribution in [1.29, 1.82) is 0 Å². The topological polar surface area (TPSA) is 93.4 Å². The van der Waals surface area contributed by atoms with E-state index in [0.717, 1.165) is 22.8 Å². The summed E-state index contributed by atoms with van der Waals surface area (Å²) in [5, 5.41) is 4.54. The van der Waals surface area contributed by atoms with Gasteiger partial charge in [0.1, 0.15) is 4.88 Å². The van der Waals surface area contributed by atoms with Gasteiger partial charge in [-0.2, -0.15) is 4.37 Å². The minimum absolute atomic E-state index is 0.149. The number of sulfonamides is 1. The van der Waals surface area contributed by atoms with E-state index in [1.165, 1.54) is 0 Å². The van der Waals surface area contributed by atoms with Crippen LogP contribution in [0.15, 0.2) is 36.4 Å². The Morgan fingerprint density at radius 1 is 1.30 bits per heavy atom. The SMILES string of the molecule is NS(=O)(=O)[C@H]1CCCN(C(=O)c2cc(-c3ccccc3)ns2)C1. The zero-order valence-corrected chi connectivity index (χ0v) is 14.0. The Hall–Kier alpha value is -1.77. The second-order valence-electron chi connectivity index (χ2n) is 5.55. The lowest BCUT2D eigenvalue weighted by Gasteiger charge is -2.31. The van der Waals surface area contributed by atoms with Crippen LogP contribution in [0, 0.1) is 0 Å². The molecular weight excluding hydrogens is 334 g/mol. The van der Waals surface area contributed by atoms with Crippen LogP contribution in [-0.4, -0.2) is 41.9 Å². The summed E-state index contributed by atoms with van der Waals surface area (Å²) < 4.78 is 27.3. The molecule has 1 amide bonds. The lowest BCUT2D eigenvalue weighted by atomic mass is 10.1. The molecule has 8 heteroatoms. The van der Waals surface area contributed by atoms with Crippen LogP contribution in [0.1, 0.15) is 22.5 Å². The number of aromatic nitrogens is 1. The summed E-state index contributed by atoms with van der Waals surface area (Å²) >= 11 is 1.13. The Labute approximate surface area is 139 Å². The number of carbonyl (C=O) groups excluding carboxylic acids is 1. The second kappa shape index (κ2) is 6.38. The van der Waals surface area contributed by atoms with E-state index in [9.17, 15) is 13.2 Å². The van der Waals surface area contributed by atoms with Gasteiger partial charge in [-0.3, -0.25) is 4.79 Å². The van der Waals surface area contributed by atoms with Crippen LogP contribution >= 0.6 is 11.5 Å². The predicted molar refractivity (Wildman–Crippen MR) is 89.6 cm³/mol. The number of likely N-dealkylation sites (tertiary alicyclic amines) is 1. The van der Waals surface area contributed by atoms with Crippen LogP contribution in [0.4, 0.5) is 0 Å². The highest BCUT2D eigenvalue weighted by molar-refractivity contribution is 7.89. The molecule has 3 rings (SSSR count). The molecule has 1 fully saturated rings. The number of nitrogens with two attached hydrogens (primary N) is 1. The summed E-state index contributed by atoms with van der Waals surface area (Å²) in [5.74, 6) is -0.182. The largest absolute Gasteiger partial charge is 0.337 e. The van der Waals surface area contributed by atoms with Crippen LogP contribution in [0.25, 0.3) is 11.3 Å².